The number of carboxylic acids is 1. The summed E-state index contributed by atoms with van der Waals surface area (Å²) in [7, 11) is 0. The number of rotatable bonds is 3. The Kier molecular flexibility index (Phi) is 2.94. The van der Waals surface area contributed by atoms with Gasteiger partial charge >= 0.3 is 0 Å². The quantitative estimate of drug-likeness (QED) is 0.776. The first kappa shape index (κ1) is 14.5. The van der Waals surface area contributed by atoms with Crippen LogP contribution in [0.4, 0.5) is 5.69 Å². The first-order chi connectivity index (χ1) is 10.9. The Hall–Kier alpha value is -2.14. The third-order valence-corrected chi connectivity index (χ3v) is 5.24. The van der Waals surface area contributed by atoms with Crippen molar-refractivity contribution in [2.24, 2.45) is 11.8 Å². The van der Waals surface area contributed by atoms with E-state index in [0.29, 0.717) is 12.5 Å². The molecule has 3 aliphatic heterocycles. The Balaban J connectivity index is 1.67. The van der Waals surface area contributed by atoms with Crippen molar-refractivity contribution in [1.29, 1.82) is 0 Å². The van der Waals surface area contributed by atoms with Gasteiger partial charge in [-0.2, -0.15) is 0 Å². The maximum absolute atomic E-state index is 12.8. The molecule has 4 rings (SSSR count). The van der Waals surface area contributed by atoms with Crippen LogP contribution >= 0.6 is 0 Å². The van der Waals surface area contributed by atoms with E-state index in [4.69, 9.17) is 4.74 Å². The minimum absolute atomic E-state index is 0.191. The van der Waals surface area contributed by atoms with Gasteiger partial charge in [0, 0.05) is 17.6 Å². The van der Waals surface area contributed by atoms with E-state index in [9.17, 15) is 14.7 Å². The number of amides is 1. The van der Waals surface area contributed by atoms with Gasteiger partial charge in [-0.1, -0.05) is 38.1 Å². The molecule has 1 amide bonds. The van der Waals surface area contributed by atoms with E-state index in [1.807, 2.05) is 30.3 Å². The number of nitrogens with zero attached hydrogens (tertiary/aromatic N) is 1. The molecule has 2 bridgehead atoms. The average Bonchev–Trinajstić information content (AvgIpc) is 3.15. The second-order valence-corrected chi connectivity index (χ2v) is 6.89. The summed E-state index contributed by atoms with van der Waals surface area (Å²) in [6.07, 6.45) is 3.05. The molecule has 120 valence electrons. The lowest BCUT2D eigenvalue weighted by Crippen LogP contribution is -2.45. The van der Waals surface area contributed by atoms with Crippen LogP contribution in [0.3, 0.4) is 0 Å². The smallest absolute Gasteiger partial charge is 0.234 e. The third kappa shape index (κ3) is 1.89. The highest BCUT2D eigenvalue weighted by molar-refractivity contribution is 6.02. The normalized spacial score (nSPS) is 34.5. The van der Waals surface area contributed by atoms with Gasteiger partial charge in [-0.3, -0.25) is 4.79 Å². The number of ether oxygens (including phenoxy) is 1. The number of carbonyl (C=O) groups excluding carboxylic acids is 2. The van der Waals surface area contributed by atoms with Crippen molar-refractivity contribution >= 4 is 17.6 Å². The molecule has 3 heterocycles. The van der Waals surface area contributed by atoms with Crippen molar-refractivity contribution in [3.63, 3.8) is 0 Å². The van der Waals surface area contributed by atoms with Gasteiger partial charge in [-0.25, -0.2) is 0 Å². The number of carbonyl (C=O) groups is 2. The molecule has 1 aromatic rings. The minimum Gasteiger partial charge on any atom is -0.550 e. The lowest BCUT2D eigenvalue weighted by atomic mass is 9.77. The number of aliphatic carboxylic acids is 1. The highest BCUT2D eigenvalue weighted by Gasteiger charge is 2.65. The van der Waals surface area contributed by atoms with Crippen molar-refractivity contribution in [3.8, 4) is 0 Å². The number of carboxylic acid groups (broad SMARTS) is 1. The number of fused-ring (bicyclic) bond motifs is 1. The van der Waals surface area contributed by atoms with E-state index >= 15 is 0 Å². The Morgan fingerprint density at radius 3 is 2.65 bits per heavy atom. The highest BCUT2D eigenvalue weighted by atomic mass is 16.5. The van der Waals surface area contributed by atoms with E-state index in [2.05, 4.69) is 13.8 Å². The number of hydrogen-bond donors (Lipinski definition) is 0. The van der Waals surface area contributed by atoms with Gasteiger partial charge in [-0.15, -0.1) is 0 Å². The molecule has 0 unspecified atom stereocenters. The maximum atomic E-state index is 12.8. The molecular formula is C18H18NO4-. The summed E-state index contributed by atoms with van der Waals surface area (Å²) < 4.78 is 5.85. The molecule has 5 nitrogen and oxygen atoms in total. The monoisotopic (exact) mass is 312 g/mol. The molecule has 5 heteroatoms. The van der Waals surface area contributed by atoms with Crippen molar-refractivity contribution in [2.45, 2.75) is 31.5 Å². The van der Waals surface area contributed by atoms with Crippen molar-refractivity contribution in [3.05, 3.63) is 42.0 Å². The third-order valence-electron chi connectivity index (χ3n) is 5.24. The van der Waals surface area contributed by atoms with Crippen LogP contribution in [0.2, 0.25) is 0 Å². The van der Waals surface area contributed by atoms with Gasteiger partial charge in [0.15, 0.2) is 0 Å². The van der Waals surface area contributed by atoms with Gasteiger partial charge in [0.05, 0.1) is 18.6 Å². The van der Waals surface area contributed by atoms with Crippen LogP contribution in [0.15, 0.2) is 36.4 Å². The zero-order chi connectivity index (χ0) is 16.4. The van der Waals surface area contributed by atoms with Gasteiger partial charge in [0.2, 0.25) is 5.91 Å². The molecule has 4 atom stereocenters. The largest absolute Gasteiger partial charge is 0.550 e. The first-order valence-electron chi connectivity index (χ1n) is 7.92. The van der Waals surface area contributed by atoms with Crippen LogP contribution in [0.5, 0.6) is 0 Å². The van der Waals surface area contributed by atoms with Gasteiger partial charge in [0.1, 0.15) is 5.60 Å². The molecule has 1 aromatic carbocycles. The number of anilines is 1. The highest BCUT2D eigenvalue weighted by Crippen LogP contribution is 2.52. The molecule has 23 heavy (non-hydrogen) atoms. The molecule has 1 spiro atoms. The van der Waals surface area contributed by atoms with Crippen LogP contribution in [0.1, 0.15) is 25.3 Å². The van der Waals surface area contributed by atoms with Crippen LogP contribution in [0.25, 0.3) is 0 Å². The van der Waals surface area contributed by atoms with E-state index in [1.165, 1.54) is 5.56 Å². The molecule has 2 fully saturated rings. The van der Waals surface area contributed by atoms with E-state index in [0.717, 1.165) is 5.69 Å². The van der Waals surface area contributed by atoms with Gasteiger partial charge in [-0.05, 0) is 23.6 Å². The topological polar surface area (TPSA) is 69.7 Å². The second kappa shape index (κ2) is 4.68. The Labute approximate surface area is 134 Å². The van der Waals surface area contributed by atoms with Crippen LogP contribution in [0, 0.1) is 11.8 Å². The van der Waals surface area contributed by atoms with E-state index in [-0.39, 0.29) is 5.91 Å². The lowest BCUT2D eigenvalue weighted by molar-refractivity contribution is -0.313. The van der Waals surface area contributed by atoms with E-state index < -0.39 is 29.5 Å². The summed E-state index contributed by atoms with van der Waals surface area (Å²) >= 11 is 0. The molecule has 2 saturated heterocycles. The van der Waals surface area contributed by atoms with Crippen LogP contribution in [-0.2, 0) is 14.3 Å². The Morgan fingerprint density at radius 2 is 2.04 bits per heavy atom. The first-order valence-corrected chi connectivity index (χ1v) is 7.92. The second-order valence-electron chi connectivity index (χ2n) is 6.89. The van der Waals surface area contributed by atoms with Crippen molar-refractivity contribution in [1.82, 2.24) is 0 Å². The summed E-state index contributed by atoms with van der Waals surface area (Å²) in [5.74, 6) is -2.57. The summed E-state index contributed by atoms with van der Waals surface area (Å²) in [6.45, 7) is 4.58. The predicted molar refractivity (Wildman–Crippen MR) is 81.6 cm³/mol. The molecule has 0 aromatic heterocycles. The molecule has 0 saturated carbocycles. The van der Waals surface area contributed by atoms with Crippen molar-refractivity contribution in [2.75, 3.05) is 11.4 Å². The molecular weight excluding hydrogens is 294 g/mol. The fourth-order valence-corrected chi connectivity index (χ4v) is 4.03. The lowest BCUT2D eigenvalue weighted by Gasteiger charge is -2.24. The zero-order valence-electron chi connectivity index (χ0n) is 13.1. The molecule has 0 N–H and O–H groups in total. The number of hydrogen-bond acceptors (Lipinski definition) is 4. The zero-order valence-corrected chi connectivity index (χ0v) is 13.1. The minimum atomic E-state index is -1.21. The van der Waals surface area contributed by atoms with Gasteiger partial charge < -0.3 is 19.5 Å². The fraction of sp³-hybridized carbons (Fsp3) is 0.444. The Bertz CT molecular complexity index is 708. The Morgan fingerprint density at radius 1 is 1.35 bits per heavy atom. The molecule has 3 aliphatic rings. The standard InChI is InChI=1S/C18H19NO4/c1-10(2)11-3-5-12(6-4-11)19-9-18-8-7-13(23-18)14(17(21)22)15(18)16(19)20/h3-8,10,13-15H,9H2,1-2H3,(H,21,22)/p-1/t13-,14+,15+,18-/m0/s1. The molecule has 0 radical (unpaired) electrons. The van der Waals surface area contributed by atoms with Crippen molar-refractivity contribution < 1.29 is 19.4 Å². The van der Waals surface area contributed by atoms with E-state index in [1.54, 1.807) is 11.0 Å². The van der Waals surface area contributed by atoms with Crippen LogP contribution in [-0.4, -0.2) is 30.1 Å². The number of benzene rings is 1. The average molecular weight is 312 g/mol. The summed E-state index contributed by atoms with van der Waals surface area (Å²) in [5, 5.41) is 11.4. The SMILES string of the molecule is CC(C)c1ccc(N2C[C@]34C=C[C@H](O3)[C@@H](C(=O)[O-])[C@@H]4C2=O)cc1. The van der Waals surface area contributed by atoms with Crippen LogP contribution < -0.4 is 10.0 Å². The predicted octanol–water partition coefficient (Wildman–Crippen LogP) is 0.846. The summed E-state index contributed by atoms with van der Waals surface area (Å²) in [5.41, 5.74) is 1.16. The summed E-state index contributed by atoms with van der Waals surface area (Å²) in [6, 6.07) is 7.83. The molecule has 0 aliphatic carbocycles. The van der Waals surface area contributed by atoms with Gasteiger partial charge in [0.25, 0.3) is 0 Å². The fourth-order valence-electron chi connectivity index (χ4n) is 4.03. The summed E-state index contributed by atoms with van der Waals surface area (Å²) in [4.78, 5) is 25.9. The maximum Gasteiger partial charge on any atom is 0.234 e.